The van der Waals surface area contributed by atoms with E-state index in [0.29, 0.717) is 0 Å². The van der Waals surface area contributed by atoms with Crippen LogP contribution in [0.25, 0.3) is 0 Å². The Morgan fingerprint density at radius 3 is 2.50 bits per heavy atom. The minimum atomic E-state index is -1.20. The van der Waals surface area contributed by atoms with Crippen molar-refractivity contribution in [3.63, 3.8) is 0 Å². The van der Waals surface area contributed by atoms with Gasteiger partial charge in [-0.25, -0.2) is 8.78 Å². The fraction of sp³-hybridized carbons (Fsp3) is 0.500. The van der Waals surface area contributed by atoms with Gasteiger partial charge in [0.25, 0.3) is 0 Å². The predicted octanol–water partition coefficient (Wildman–Crippen LogP) is 2.77. The van der Waals surface area contributed by atoms with E-state index in [1.165, 1.54) is 18.2 Å². The van der Waals surface area contributed by atoms with Crippen LogP contribution >= 0.6 is 0 Å². The first-order valence-corrected chi connectivity index (χ1v) is 3.23. The van der Waals surface area contributed by atoms with Crippen molar-refractivity contribution >= 4 is 0 Å². The Morgan fingerprint density at radius 1 is 1.50 bits per heavy atom. The Labute approximate surface area is 59.2 Å². The zero-order chi connectivity index (χ0) is 7.78. The number of alkyl halides is 1. The van der Waals surface area contributed by atoms with E-state index in [9.17, 15) is 8.78 Å². The van der Waals surface area contributed by atoms with E-state index in [4.69, 9.17) is 0 Å². The number of hydrogen-bond acceptors (Lipinski definition) is 0. The van der Waals surface area contributed by atoms with E-state index < -0.39 is 11.6 Å². The van der Waals surface area contributed by atoms with Crippen LogP contribution in [0.3, 0.4) is 0 Å². The summed E-state index contributed by atoms with van der Waals surface area (Å²) in [6.45, 7) is 3.10. The smallest absolute Gasteiger partial charge is 0.130 e. The number of rotatable bonds is 0. The summed E-state index contributed by atoms with van der Waals surface area (Å²) >= 11 is 0. The molecule has 10 heavy (non-hydrogen) atoms. The summed E-state index contributed by atoms with van der Waals surface area (Å²) in [5.74, 6) is -0.387. The third-order valence-corrected chi connectivity index (χ3v) is 1.83. The van der Waals surface area contributed by atoms with Gasteiger partial charge >= 0.3 is 0 Å². The summed E-state index contributed by atoms with van der Waals surface area (Å²) in [5, 5.41) is 0. The molecule has 1 rings (SSSR count). The Balaban J connectivity index is 2.93. The van der Waals surface area contributed by atoms with Crippen molar-refractivity contribution in [3.05, 3.63) is 24.1 Å². The molecule has 0 saturated heterocycles. The van der Waals surface area contributed by atoms with Crippen LogP contribution in [0, 0.1) is 5.41 Å². The lowest BCUT2D eigenvalue weighted by molar-refractivity contribution is 0.191. The molecule has 1 aliphatic carbocycles. The average molecular weight is 144 g/mol. The van der Waals surface area contributed by atoms with Gasteiger partial charge in [0.05, 0.1) is 5.41 Å². The Kier molecular flexibility index (Phi) is 1.63. The summed E-state index contributed by atoms with van der Waals surface area (Å²) in [6.07, 6.45) is 2.88. The first-order chi connectivity index (χ1) is 4.55. The molecular weight excluding hydrogens is 134 g/mol. The van der Waals surface area contributed by atoms with Gasteiger partial charge in [0, 0.05) is 0 Å². The summed E-state index contributed by atoms with van der Waals surface area (Å²) in [4.78, 5) is 0. The maximum atomic E-state index is 12.8. The molecule has 2 heteroatoms. The molecule has 0 amide bonds. The van der Waals surface area contributed by atoms with Gasteiger partial charge in [-0.15, -0.1) is 0 Å². The number of hydrogen-bond donors (Lipinski definition) is 0. The van der Waals surface area contributed by atoms with Gasteiger partial charge in [0.15, 0.2) is 0 Å². The van der Waals surface area contributed by atoms with Gasteiger partial charge in [-0.2, -0.15) is 0 Å². The van der Waals surface area contributed by atoms with Gasteiger partial charge in [-0.3, -0.25) is 0 Å². The molecule has 0 fully saturated rings. The summed E-state index contributed by atoms with van der Waals surface area (Å²) < 4.78 is 25.6. The highest BCUT2D eigenvalue weighted by Gasteiger charge is 2.33. The van der Waals surface area contributed by atoms with Crippen molar-refractivity contribution in [3.8, 4) is 0 Å². The third kappa shape index (κ3) is 0.981. The van der Waals surface area contributed by atoms with Gasteiger partial charge < -0.3 is 0 Å². The highest BCUT2D eigenvalue weighted by molar-refractivity contribution is 5.23. The van der Waals surface area contributed by atoms with Crippen molar-refractivity contribution < 1.29 is 8.78 Å². The van der Waals surface area contributed by atoms with Crippen molar-refractivity contribution in [1.29, 1.82) is 0 Å². The monoisotopic (exact) mass is 144 g/mol. The molecule has 0 nitrogen and oxygen atoms in total. The lowest BCUT2D eigenvalue weighted by atomic mass is 9.83. The van der Waals surface area contributed by atoms with E-state index >= 15 is 0 Å². The van der Waals surface area contributed by atoms with Gasteiger partial charge in [-0.05, 0) is 12.2 Å². The maximum absolute atomic E-state index is 12.8. The largest absolute Gasteiger partial charge is 0.242 e. The molecule has 0 bridgehead atoms. The molecule has 56 valence electrons. The lowest BCUT2D eigenvalue weighted by Crippen LogP contribution is -2.26. The second-order valence-electron chi connectivity index (χ2n) is 3.02. The second kappa shape index (κ2) is 2.19. The number of halogens is 2. The van der Waals surface area contributed by atoms with Crippen LogP contribution in [-0.2, 0) is 0 Å². The van der Waals surface area contributed by atoms with Crippen LogP contribution < -0.4 is 0 Å². The fourth-order valence-electron chi connectivity index (χ4n) is 0.825. The number of allylic oxidation sites excluding steroid dienone is 4. The first kappa shape index (κ1) is 7.45. The van der Waals surface area contributed by atoms with Crippen molar-refractivity contribution in [2.75, 3.05) is 0 Å². The van der Waals surface area contributed by atoms with E-state index in [1.54, 1.807) is 13.8 Å². The standard InChI is InChI=1S/C8H10F2/c1-8(2)6(9)4-3-5-7(8)10/h3-6H,1-2H3. The van der Waals surface area contributed by atoms with E-state index in [2.05, 4.69) is 0 Å². The van der Waals surface area contributed by atoms with E-state index in [0.717, 1.165) is 0 Å². The summed E-state index contributed by atoms with van der Waals surface area (Å²) in [5.41, 5.74) is -0.964. The molecule has 0 saturated carbocycles. The second-order valence-corrected chi connectivity index (χ2v) is 3.02. The molecular formula is C8H10F2. The quantitative estimate of drug-likeness (QED) is 0.490. The molecule has 0 aromatic carbocycles. The van der Waals surface area contributed by atoms with Gasteiger partial charge in [0.2, 0.25) is 0 Å². The average Bonchev–Trinajstić information content (AvgIpc) is 1.84. The highest BCUT2D eigenvalue weighted by atomic mass is 19.1. The van der Waals surface area contributed by atoms with Gasteiger partial charge in [-0.1, -0.05) is 19.9 Å². The molecule has 1 unspecified atom stereocenters. The Morgan fingerprint density at radius 2 is 2.10 bits per heavy atom. The van der Waals surface area contributed by atoms with Crippen LogP contribution in [0.5, 0.6) is 0 Å². The van der Waals surface area contributed by atoms with Crippen LogP contribution in [0.15, 0.2) is 24.1 Å². The molecule has 0 heterocycles. The Bertz CT molecular complexity index is 189. The first-order valence-electron chi connectivity index (χ1n) is 3.23. The highest BCUT2D eigenvalue weighted by Crippen LogP contribution is 2.36. The predicted molar refractivity (Wildman–Crippen MR) is 37.0 cm³/mol. The minimum Gasteiger partial charge on any atom is -0.242 e. The normalized spacial score (nSPS) is 30.0. The molecule has 0 radical (unpaired) electrons. The molecule has 1 aliphatic rings. The topological polar surface area (TPSA) is 0 Å². The Hall–Kier alpha value is -0.660. The van der Waals surface area contributed by atoms with Crippen molar-refractivity contribution in [2.45, 2.75) is 20.0 Å². The minimum absolute atomic E-state index is 0.387. The third-order valence-electron chi connectivity index (χ3n) is 1.83. The molecule has 0 aromatic heterocycles. The molecule has 0 aromatic rings. The van der Waals surface area contributed by atoms with Crippen molar-refractivity contribution in [1.82, 2.24) is 0 Å². The molecule has 0 N–H and O–H groups in total. The zero-order valence-corrected chi connectivity index (χ0v) is 6.07. The molecule has 0 aliphatic heterocycles. The summed E-state index contributed by atoms with van der Waals surface area (Å²) in [6, 6.07) is 0. The van der Waals surface area contributed by atoms with Crippen LogP contribution in [0.4, 0.5) is 8.78 Å². The van der Waals surface area contributed by atoms with Crippen molar-refractivity contribution in [2.24, 2.45) is 5.41 Å². The van der Waals surface area contributed by atoms with E-state index in [-0.39, 0.29) is 5.83 Å². The molecule has 0 spiro atoms. The van der Waals surface area contributed by atoms with Crippen LogP contribution in [0.2, 0.25) is 0 Å². The lowest BCUT2D eigenvalue weighted by Gasteiger charge is -2.26. The molecule has 1 atom stereocenters. The van der Waals surface area contributed by atoms with Crippen LogP contribution in [-0.4, -0.2) is 6.17 Å². The maximum Gasteiger partial charge on any atom is 0.130 e. The zero-order valence-electron chi connectivity index (χ0n) is 6.07. The summed E-state index contributed by atoms with van der Waals surface area (Å²) in [7, 11) is 0. The van der Waals surface area contributed by atoms with Gasteiger partial charge in [0.1, 0.15) is 12.0 Å². The van der Waals surface area contributed by atoms with E-state index in [1.807, 2.05) is 0 Å². The fourth-order valence-corrected chi connectivity index (χ4v) is 0.825. The van der Waals surface area contributed by atoms with Crippen LogP contribution in [0.1, 0.15) is 13.8 Å². The SMILES string of the molecule is CC1(C)C(F)=CC=CC1F.